The number of imidazole rings is 1. The fourth-order valence-electron chi connectivity index (χ4n) is 4.40. The number of rotatable bonds is 5. The Kier molecular flexibility index (Phi) is 5.45. The van der Waals surface area contributed by atoms with E-state index < -0.39 is 0 Å². The second-order valence-electron chi connectivity index (χ2n) is 7.89. The van der Waals surface area contributed by atoms with E-state index in [4.69, 9.17) is 4.74 Å². The van der Waals surface area contributed by atoms with Crippen molar-refractivity contribution >= 4 is 16.9 Å². The molecule has 0 unspecified atom stereocenters. The molecule has 0 bridgehead atoms. The number of amides is 1. The summed E-state index contributed by atoms with van der Waals surface area (Å²) in [5.41, 5.74) is 1.96. The van der Waals surface area contributed by atoms with E-state index in [0.29, 0.717) is 12.8 Å². The molecule has 0 saturated carbocycles. The van der Waals surface area contributed by atoms with Crippen molar-refractivity contribution < 1.29 is 9.53 Å². The highest BCUT2D eigenvalue weighted by Crippen LogP contribution is 2.30. The Hall–Kier alpha value is -1.92. The number of carbonyl (C=O) groups excluding carboxylic acids is 1. The first-order chi connectivity index (χ1) is 13.2. The third-order valence-electron chi connectivity index (χ3n) is 5.91. The molecular formula is C21H30N4O2. The summed E-state index contributed by atoms with van der Waals surface area (Å²) in [6.07, 6.45) is 4.25. The molecule has 0 atom stereocenters. The van der Waals surface area contributed by atoms with E-state index in [2.05, 4.69) is 21.8 Å². The first-order valence-electron chi connectivity index (χ1n) is 10.3. The summed E-state index contributed by atoms with van der Waals surface area (Å²) in [5.74, 6) is 1.12. The maximum atomic E-state index is 12.7. The number of aromatic amines is 1. The molecular weight excluding hydrogens is 340 g/mol. The summed E-state index contributed by atoms with van der Waals surface area (Å²) in [6.45, 7) is 7.85. The first kappa shape index (κ1) is 18.4. The number of H-pyrrole nitrogens is 1. The van der Waals surface area contributed by atoms with Crippen LogP contribution in [0.15, 0.2) is 24.3 Å². The minimum atomic E-state index is -0.0388. The van der Waals surface area contributed by atoms with Crippen molar-refractivity contribution in [3.05, 3.63) is 30.1 Å². The number of hydrogen-bond acceptors (Lipinski definition) is 4. The Labute approximate surface area is 160 Å². The van der Waals surface area contributed by atoms with Gasteiger partial charge in [-0.05, 0) is 37.9 Å². The second-order valence-corrected chi connectivity index (χ2v) is 7.89. The summed E-state index contributed by atoms with van der Waals surface area (Å²) >= 11 is 0. The zero-order valence-electron chi connectivity index (χ0n) is 16.2. The zero-order chi connectivity index (χ0) is 18.7. The van der Waals surface area contributed by atoms with Gasteiger partial charge in [0.15, 0.2) is 0 Å². The van der Waals surface area contributed by atoms with Gasteiger partial charge in [-0.3, -0.25) is 9.69 Å². The van der Waals surface area contributed by atoms with E-state index in [-0.39, 0.29) is 11.5 Å². The highest BCUT2D eigenvalue weighted by Gasteiger charge is 2.40. The fourth-order valence-corrected chi connectivity index (χ4v) is 4.40. The summed E-state index contributed by atoms with van der Waals surface area (Å²) in [4.78, 5) is 25.1. The van der Waals surface area contributed by atoms with Gasteiger partial charge in [-0.15, -0.1) is 0 Å². The van der Waals surface area contributed by atoms with Crippen LogP contribution in [0.25, 0.3) is 11.0 Å². The van der Waals surface area contributed by atoms with Crippen molar-refractivity contribution in [1.82, 2.24) is 19.8 Å². The summed E-state index contributed by atoms with van der Waals surface area (Å²) in [7, 11) is 0. The molecule has 4 rings (SSSR count). The van der Waals surface area contributed by atoms with Crippen LogP contribution in [0.2, 0.25) is 0 Å². The third-order valence-corrected chi connectivity index (χ3v) is 5.91. The van der Waals surface area contributed by atoms with Gasteiger partial charge < -0.3 is 14.6 Å². The fraction of sp³-hybridized carbons (Fsp3) is 0.619. The molecule has 0 radical (unpaired) electrons. The number of nitrogens with zero attached hydrogens (tertiary/aromatic N) is 3. The van der Waals surface area contributed by atoms with E-state index >= 15 is 0 Å². The molecule has 1 aromatic heterocycles. The lowest BCUT2D eigenvalue weighted by molar-refractivity contribution is -0.150. The number of para-hydroxylation sites is 2. The van der Waals surface area contributed by atoms with Crippen LogP contribution >= 0.6 is 0 Å². The minimum absolute atomic E-state index is 0.0388. The van der Waals surface area contributed by atoms with E-state index in [1.54, 1.807) is 0 Å². The van der Waals surface area contributed by atoms with Crippen LogP contribution < -0.4 is 0 Å². The van der Waals surface area contributed by atoms with E-state index in [1.165, 1.54) is 6.42 Å². The third kappa shape index (κ3) is 4.17. The number of fused-ring (bicyclic) bond motifs is 1. The van der Waals surface area contributed by atoms with Crippen molar-refractivity contribution in [3.8, 4) is 0 Å². The predicted molar refractivity (Wildman–Crippen MR) is 106 cm³/mol. The number of hydrogen-bond donors (Lipinski definition) is 1. The van der Waals surface area contributed by atoms with Crippen LogP contribution in [0.4, 0.5) is 0 Å². The van der Waals surface area contributed by atoms with Crippen molar-refractivity contribution in [2.24, 2.45) is 0 Å². The lowest BCUT2D eigenvalue weighted by Gasteiger charge is -2.47. The SMILES string of the molecule is CCCN1CCOC2(CCN(C(=O)CCc3nc4ccccc4[nH]3)CC2)C1. The van der Waals surface area contributed by atoms with Crippen LogP contribution in [0.5, 0.6) is 0 Å². The topological polar surface area (TPSA) is 61.5 Å². The average Bonchev–Trinajstić information content (AvgIpc) is 3.10. The maximum Gasteiger partial charge on any atom is 0.223 e. The quantitative estimate of drug-likeness (QED) is 0.879. The predicted octanol–water partition coefficient (Wildman–Crippen LogP) is 2.60. The van der Waals surface area contributed by atoms with Crippen LogP contribution in [0.1, 0.15) is 38.4 Å². The molecule has 146 valence electrons. The Morgan fingerprint density at radius 1 is 1.26 bits per heavy atom. The number of likely N-dealkylation sites (tertiary alicyclic amines) is 1. The number of aromatic nitrogens is 2. The minimum Gasteiger partial charge on any atom is -0.372 e. The van der Waals surface area contributed by atoms with Gasteiger partial charge in [-0.25, -0.2) is 4.98 Å². The number of nitrogens with one attached hydrogen (secondary N) is 1. The average molecular weight is 370 g/mol. The van der Waals surface area contributed by atoms with Crippen molar-refractivity contribution in [2.45, 2.75) is 44.6 Å². The van der Waals surface area contributed by atoms with E-state index in [9.17, 15) is 4.79 Å². The molecule has 2 aliphatic rings. The Balaban J connectivity index is 1.28. The molecule has 6 heteroatoms. The standard InChI is InChI=1S/C21H30N4O2/c1-2-11-24-14-15-27-21(16-24)9-12-25(13-10-21)20(26)8-7-19-22-17-5-3-4-6-18(17)23-19/h3-6H,2,7-16H2,1H3,(H,22,23). The van der Waals surface area contributed by atoms with Crippen LogP contribution in [0, 0.1) is 0 Å². The molecule has 2 saturated heterocycles. The molecule has 27 heavy (non-hydrogen) atoms. The second kappa shape index (κ2) is 7.98. The molecule has 1 amide bonds. The normalized spacial score (nSPS) is 20.4. The lowest BCUT2D eigenvalue weighted by atomic mass is 9.89. The van der Waals surface area contributed by atoms with E-state index in [1.807, 2.05) is 29.2 Å². The number of morpholine rings is 1. The molecule has 1 N–H and O–H groups in total. The molecule has 0 aliphatic carbocycles. The molecule has 2 fully saturated rings. The van der Waals surface area contributed by atoms with Gasteiger partial charge >= 0.3 is 0 Å². The van der Waals surface area contributed by atoms with Gasteiger partial charge in [0.05, 0.1) is 23.2 Å². The highest BCUT2D eigenvalue weighted by atomic mass is 16.5. The number of piperidine rings is 1. The highest BCUT2D eigenvalue weighted by molar-refractivity contribution is 5.77. The molecule has 1 aromatic carbocycles. The molecule has 6 nitrogen and oxygen atoms in total. The Bertz CT molecular complexity index is 744. The smallest absolute Gasteiger partial charge is 0.223 e. The van der Waals surface area contributed by atoms with Gasteiger partial charge in [0.1, 0.15) is 5.82 Å². The monoisotopic (exact) mass is 370 g/mol. The van der Waals surface area contributed by atoms with Gasteiger partial charge in [0, 0.05) is 39.0 Å². The molecule has 2 aromatic rings. The first-order valence-corrected chi connectivity index (χ1v) is 10.3. The van der Waals surface area contributed by atoms with Crippen molar-refractivity contribution in [3.63, 3.8) is 0 Å². The summed E-state index contributed by atoms with van der Waals surface area (Å²) in [6, 6.07) is 7.99. The summed E-state index contributed by atoms with van der Waals surface area (Å²) in [5, 5.41) is 0. The van der Waals surface area contributed by atoms with Gasteiger partial charge in [0.25, 0.3) is 0 Å². The van der Waals surface area contributed by atoms with Gasteiger partial charge in [-0.2, -0.15) is 0 Å². The molecule has 1 spiro atoms. The van der Waals surface area contributed by atoms with Crippen LogP contribution in [0.3, 0.4) is 0 Å². The molecule has 2 aliphatic heterocycles. The lowest BCUT2D eigenvalue weighted by Crippen LogP contribution is -2.57. The Morgan fingerprint density at radius 3 is 2.85 bits per heavy atom. The number of carbonyl (C=O) groups is 1. The number of aryl methyl sites for hydroxylation is 1. The largest absolute Gasteiger partial charge is 0.372 e. The van der Waals surface area contributed by atoms with Crippen molar-refractivity contribution in [1.29, 1.82) is 0 Å². The maximum absolute atomic E-state index is 12.7. The van der Waals surface area contributed by atoms with Crippen LogP contribution in [-0.4, -0.2) is 70.6 Å². The Morgan fingerprint density at radius 2 is 2.07 bits per heavy atom. The number of ether oxygens (including phenoxy) is 1. The zero-order valence-corrected chi connectivity index (χ0v) is 16.2. The molecule has 3 heterocycles. The van der Waals surface area contributed by atoms with E-state index in [0.717, 1.165) is 69.0 Å². The van der Waals surface area contributed by atoms with Gasteiger partial charge in [-0.1, -0.05) is 19.1 Å². The van der Waals surface area contributed by atoms with Crippen molar-refractivity contribution in [2.75, 3.05) is 39.3 Å². The van der Waals surface area contributed by atoms with Crippen LogP contribution in [-0.2, 0) is 16.0 Å². The van der Waals surface area contributed by atoms with Gasteiger partial charge in [0.2, 0.25) is 5.91 Å². The number of benzene rings is 1. The summed E-state index contributed by atoms with van der Waals surface area (Å²) < 4.78 is 6.18.